The van der Waals surface area contributed by atoms with Crippen molar-refractivity contribution in [3.63, 3.8) is 0 Å². The topological polar surface area (TPSA) is 45.8 Å². The molecule has 6 nitrogen and oxygen atoms in total. The molecule has 0 aliphatic carbocycles. The number of nitrogens with one attached hydrogen (secondary N) is 1. The van der Waals surface area contributed by atoms with Crippen molar-refractivity contribution < 1.29 is 4.79 Å². The number of rotatable bonds is 7. The average Bonchev–Trinajstić information content (AvgIpc) is 3.30. The minimum absolute atomic E-state index is 0.151. The maximum atomic E-state index is 13.1. The van der Waals surface area contributed by atoms with E-state index in [0.717, 1.165) is 82.9 Å². The van der Waals surface area contributed by atoms with Crippen LogP contribution < -0.4 is 0 Å². The van der Waals surface area contributed by atoms with Crippen molar-refractivity contribution >= 4 is 16.8 Å². The van der Waals surface area contributed by atoms with Crippen LogP contribution in [0.25, 0.3) is 10.9 Å². The van der Waals surface area contributed by atoms with E-state index in [1.165, 1.54) is 16.5 Å². The molecule has 2 saturated heterocycles. The number of hydrogen-bond donors (Lipinski definition) is 1. The van der Waals surface area contributed by atoms with Gasteiger partial charge in [-0.1, -0.05) is 36.4 Å². The predicted octanol–water partition coefficient (Wildman–Crippen LogP) is 3.69. The first-order chi connectivity index (χ1) is 17.1. The van der Waals surface area contributed by atoms with Crippen molar-refractivity contribution in [2.45, 2.75) is 32.9 Å². The highest BCUT2D eigenvalue weighted by atomic mass is 16.2. The third kappa shape index (κ3) is 5.77. The molecule has 2 fully saturated rings. The Morgan fingerprint density at radius 2 is 1.60 bits per heavy atom. The van der Waals surface area contributed by atoms with Crippen molar-refractivity contribution in [1.82, 2.24) is 24.6 Å². The first kappa shape index (κ1) is 24.0. The van der Waals surface area contributed by atoms with Crippen LogP contribution in [0, 0.1) is 0 Å². The van der Waals surface area contributed by atoms with Crippen LogP contribution >= 0.6 is 0 Å². The largest absolute Gasteiger partial charge is 0.361 e. The number of carbonyl (C=O) groups is 1. The Hall–Kier alpha value is -2.67. The Morgan fingerprint density at radius 3 is 2.31 bits per heavy atom. The van der Waals surface area contributed by atoms with E-state index in [0.29, 0.717) is 6.04 Å². The summed E-state index contributed by atoms with van der Waals surface area (Å²) in [5.41, 5.74) is 4.59. The van der Waals surface area contributed by atoms with Crippen LogP contribution in [-0.4, -0.2) is 95.4 Å². The van der Waals surface area contributed by atoms with E-state index < -0.39 is 0 Å². The first-order valence-corrected chi connectivity index (χ1v) is 13.2. The molecule has 5 rings (SSSR count). The molecule has 35 heavy (non-hydrogen) atoms. The molecule has 2 aliphatic heterocycles. The Morgan fingerprint density at radius 1 is 0.886 bits per heavy atom. The number of benzene rings is 2. The third-order valence-electron chi connectivity index (χ3n) is 7.76. The Labute approximate surface area is 209 Å². The lowest BCUT2D eigenvalue weighted by atomic mass is 10.1. The van der Waals surface area contributed by atoms with Crippen molar-refractivity contribution in [2.24, 2.45) is 0 Å². The summed E-state index contributed by atoms with van der Waals surface area (Å²) in [6.45, 7) is 14.5. The summed E-state index contributed by atoms with van der Waals surface area (Å²) in [5.74, 6) is 0.151. The fourth-order valence-corrected chi connectivity index (χ4v) is 5.42. The van der Waals surface area contributed by atoms with Crippen LogP contribution in [0.1, 0.15) is 35.3 Å². The molecular weight excluding hydrogens is 434 g/mol. The number of hydrogen-bond acceptors (Lipinski definition) is 4. The van der Waals surface area contributed by atoms with Crippen molar-refractivity contribution in [1.29, 1.82) is 0 Å². The van der Waals surface area contributed by atoms with Crippen LogP contribution in [0.3, 0.4) is 0 Å². The zero-order valence-electron chi connectivity index (χ0n) is 21.2. The normalized spacial score (nSPS) is 18.5. The number of H-pyrrole nitrogens is 1. The van der Waals surface area contributed by atoms with Crippen LogP contribution in [0.2, 0.25) is 0 Å². The summed E-state index contributed by atoms with van der Waals surface area (Å²) in [5, 5.41) is 1.23. The quantitative estimate of drug-likeness (QED) is 0.569. The lowest BCUT2D eigenvalue weighted by Crippen LogP contribution is -2.50. The molecule has 3 heterocycles. The summed E-state index contributed by atoms with van der Waals surface area (Å²) in [6.07, 6.45) is 3.25. The molecule has 0 atom stereocenters. The standard InChI is InChI=1S/C29H39N5O/c1-23(2)33-16-18-34(19-17-33)29(35)25-8-9-27-26(21-30-28(27)20-25)22-32-14-12-31(13-15-32)11-10-24-6-4-3-5-7-24/h3-9,20-21,23,30H,10-19,22H2,1-2H3. The van der Waals surface area contributed by atoms with Gasteiger partial charge in [0.05, 0.1) is 0 Å². The van der Waals surface area contributed by atoms with Gasteiger partial charge in [0.2, 0.25) is 0 Å². The molecule has 0 saturated carbocycles. The second-order valence-electron chi connectivity index (χ2n) is 10.3. The molecule has 0 bridgehead atoms. The second kappa shape index (κ2) is 10.9. The van der Waals surface area contributed by atoms with Gasteiger partial charge in [0.15, 0.2) is 0 Å². The van der Waals surface area contributed by atoms with E-state index in [2.05, 4.69) is 76.1 Å². The van der Waals surface area contributed by atoms with Gasteiger partial charge in [0.25, 0.3) is 5.91 Å². The molecule has 3 aromatic rings. The van der Waals surface area contributed by atoms with E-state index in [1.54, 1.807) is 0 Å². The minimum Gasteiger partial charge on any atom is -0.361 e. The fraction of sp³-hybridized carbons (Fsp3) is 0.483. The molecule has 1 aromatic heterocycles. The highest BCUT2D eigenvalue weighted by molar-refractivity contribution is 5.98. The van der Waals surface area contributed by atoms with E-state index in [9.17, 15) is 4.79 Å². The maximum absolute atomic E-state index is 13.1. The van der Waals surface area contributed by atoms with Gasteiger partial charge in [-0.05, 0) is 43.5 Å². The summed E-state index contributed by atoms with van der Waals surface area (Å²) in [6, 6.07) is 17.5. The highest BCUT2D eigenvalue weighted by Crippen LogP contribution is 2.23. The Bertz CT molecular complexity index is 1110. The average molecular weight is 474 g/mol. The minimum atomic E-state index is 0.151. The molecule has 186 valence electrons. The Balaban J connectivity index is 1.14. The molecule has 1 amide bonds. The first-order valence-electron chi connectivity index (χ1n) is 13.2. The maximum Gasteiger partial charge on any atom is 0.254 e. The predicted molar refractivity (Wildman–Crippen MR) is 143 cm³/mol. The molecule has 0 spiro atoms. The van der Waals surface area contributed by atoms with Crippen LogP contribution in [-0.2, 0) is 13.0 Å². The lowest BCUT2D eigenvalue weighted by molar-refractivity contribution is 0.0595. The smallest absolute Gasteiger partial charge is 0.254 e. The third-order valence-corrected chi connectivity index (χ3v) is 7.76. The highest BCUT2D eigenvalue weighted by Gasteiger charge is 2.24. The van der Waals surface area contributed by atoms with Crippen LogP contribution in [0.4, 0.5) is 0 Å². The van der Waals surface area contributed by atoms with E-state index in [4.69, 9.17) is 0 Å². The summed E-state index contributed by atoms with van der Waals surface area (Å²) in [7, 11) is 0. The van der Waals surface area contributed by atoms with Crippen molar-refractivity contribution in [3.05, 3.63) is 71.4 Å². The number of piperazine rings is 2. The van der Waals surface area contributed by atoms with E-state index >= 15 is 0 Å². The molecule has 2 aromatic carbocycles. The monoisotopic (exact) mass is 473 g/mol. The molecular formula is C29H39N5O. The Kier molecular flexibility index (Phi) is 7.51. The fourth-order valence-electron chi connectivity index (χ4n) is 5.42. The number of carbonyl (C=O) groups excluding carboxylic acids is 1. The van der Waals surface area contributed by atoms with Crippen LogP contribution in [0.15, 0.2) is 54.7 Å². The number of amides is 1. The van der Waals surface area contributed by atoms with Crippen LogP contribution in [0.5, 0.6) is 0 Å². The zero-order chi connectivity index (χ0) is 24.2. The summed E-state index contributed by atoms with van der Waals surface area (Å²) < 4.78 is 0. The van der Waals surface area contributed by atoms with Crippen molar-refractivity contribution in [2.75, 3.05) is 58.9 Å². The molecule has 0 radical (unpaired) electrons. The SMILES string of the molecule is CC(C)N1CCN(C(=O)c2ccc3c(CN4CCN(CCc5ccccc5)CC4)c[nH]c3c2)CC1. The molecule has 2 aliphatic rings. The van der Waals surface area contributed by atoms with Gasteiger partial charge in [-0.25, -0.2) is 0 Å². The van der Waals surface area contributed by atoms with E-state index in [-0.39, 0.29) is 5.91 Å². The van der Waals surface area contributed by atoms with Gasteiger partial charge in [0, 0.05) is 94.2 Å². The number of nitrogens with zero attached hydrogens (tertiary/aromatic N) is 4. The molecule has 1 N–H and O–H groups in total. The van der Waals surface area contributed by atoms with Gasteiger partial charge >= 0.3 is 0 Å². The summed E-state index contributed by atoms with van der Waals surface area (Å²) in [4.78, 5) is 26.1. The van der Waals surface area contributed by atoms with Gasteiger partial charge in [-0.2, -0.15) is 0 Å². The molecule has 6 heteroatoms. The lowest BCUT2D eigenvalue weighted by Gasteiger charge is -2.37. The number of fused-ring (bicyclic) bond motifs is 1. The number of aromatic nitrogens is 1. The van der Waals surface area contributed by atoms with Crippen molar-refractivity contribution in [3.8, 4) is 0 Å². The molecule has 0 unspecified atom stereocenters. The zero-order valence-corrected chi connectivity index (χ0v) is 21.2. The van der Waals surface area contributed by atoms with E-state index in [1.807, 2.05) is 17.0 Å². The summed E-state index contributed by atoms with van der Waals surface area (Å²) >= 11 is 0. The number of aromatic amines is 1. The van der Waals surface area contributed by atoms with Gasteiger partial charge < -0.3 is 14.8 Å². The second-order valence-corrected chi connectivity index (χ2v) is 10.3. The van der Waals surface area contributed by atoms with Gasteiger partial charge in [0.1, 0.15) is 0 Å². The van der Waals surface area contributed by atoms with Gasteiger partial charge in [-0.15, -0.1) is 0 Å². The van der Waals surface area contributed by atoms with Gasteiger partial charge in [-0.3, -0.25) is 14.6 Å².